The van der Waals surface area contributed by atoms with E-state index in [1.165, 1.54) is 0 Å². The molecule has 2 saturated heterocycles. The van der Waals surface area contributed by atoms with Gasteiger partial charge in [-0.3, -0.25) is 0 Å². The number of rotatable bonds is 3. The van der Waals surface area contributed by atoms with Crippen LogP contribution in [0.1, 0.15) is 12.8 Å². The van der Waals surface area contributed by atoms with E-state index in [0.717, 1.165) is 6.54 Å². The predicted molar refractivity (Wildman–Crippen MR) is 55.7 cm³/mol. The van der Waals surface area contributed by atoms with Crippen LogP contribution in [0.5, 0.6) is 0 Å². The fourth-order valence-corrected chi connectivity index (χ4v) is 2.98. The average Bonchev–Trinajstić information content (AvgIpc) is 2.99. The second-order valence-corrected chi connectivity index (χ2v) is 6.15. The fourth-order valence-electron chi connectivity index (χ4n) is 2.06. The molecule has 7 heteroatoms. The molecule has 2 aliphatic rings. The highest BCUT2D eigenvalue weighted by Crippen LogP contribution is 2.20. The molecule has 2 fully saturated rings. The Hall–Kier alpha value is -0.210. The second kappa shape index (κ2) is 3.99. The van der Waals surface area contributed by atoms with Crippen LogP contribution in [0.3, 0.4) is 0 Å². The highest BCUT2D eigenvalue weighted by atomic mass is 32.2. The molecule has 2 heterocycles. The number of piperidine rings is 1. The van der Waals surface area contributed by atoms with Crippen LogP contribution in [-0.2, 0) is 10.0 Å². The molecule has 0 amide bonds. The largest absolute Gasteiger partial charge is 0.390 e. The summed E-state index contributed by atoms with van der Waals surface area (Å²) in [7, 11) is -3.47. The van der Waals surface area contributed by atoms with Gasteiger partial charge in [0.15, 0.2) is 0 Å². The number of aliphatic hydroxyl groups excluding tert-OH is 1. The van der Waals surface area contributed by atoms with E-state index in [0.29, 0.717) is 19.4 Å². The SMILES string of the molecule is NS(=O)(=O)C1CCNC(C(O)C2CN2)C1. The molecular formula is C8H17N3O3S. The van der Waals surface area contributed by atoms with E-state index in [9.17, 15) is 13.5 Å². The summed E-state index contributed by atoms with van der Waals surface area (Å²) in [5.41, 5.74) is 0. The lowest BCUT2D eigenvalue weighted by molar-refractivity contribution is 0.112. The average molecular weight is 235 g/mol. The van der Waals surface area contributed by atoms with Gasteiger partial charge in [0, 0.05) is 18.6 Å². The number of aliphatic hydroxyl groups is 1. The summed E-state index contributed by atoms with van der Waals surface area (Å²) >= 11 is 0. The zero-order chi connectivity index (χ0) is 11.1. The third-order valence-corrected chi connectivity index (χ3v) is 4.48. The van der Waals surface area contributed by atoms with Gasteiger partial charge in [-0.25, -0.2) is 13.6 Å². The van der Waals surface area contributed by atoms with Gasteiger partial charge in [-0.2, -0.15) is 0 Å². The highest BCUT2D eigenvalue weighted by Gasteiger charge is 2.39. The smallest absolute Gasteiger partial charge is 0.212 e. The van der Waals surface area contributed by atoms with Crippen LogP contribution in [0, 0.1) is 0 Å². The first kappa shape index (κ1) is 11.3. The van der Waals surface area contributed by atoms with Gasteiger partial charge in [-0.05, 0) is 19.4 Å². The van der Waals surface area contributed by atoms with Gasteiger partial charge in [-0.15, -0.1) is 0 Å². The van der Waals surface area contributed by atoms with E-state index in [-0.39, 0.29) is 12.1 Å². The van der Waals surface area contributed by atoms with Crippen LogP contribution in [0.25, 0.3) is 0 Å². The molecule has 0 aliphatic carbocycles. The van der Waals surface area contributed by atoms with Gasteiger partial charge in [0.2, 0.25) is 10.0 Å². The fraction of sp³-hybridized carbons (Fsp3) is 1.00. The standard InChI is InChI=1S/C8H17N3O3S/c9-15(13,14)5-1-2-10-6(3-5)8(12)7-4-11-7/h5-8,10-12H,1-4H2,(H2,9,13,14). The first-order valence-electron chi connectivity index (χ1n) is 5.15. The van der Waals surface area contributed by atoms with Gasteiger partial charge in [-0.1, -0.05) is 0 Å². The van der Waals surface area contributed by atoms with E-state index < -0.39 is 21.4 Å². The van der Waals surface area contributed by atoms with Gasteiger partial charge in [0.1, 0.15) is 0 Å². The van der Waals surface area contributed by atoms with Gasteiger partial charge >= 0.3 is 0 Å². The van der Waals surface area contributed by atoms with Crippen LogP contribution < -0.4 is 15.8 Å². The molecule has 0 aromatic carbocycles. The van der Waals surface area contributed by atoms with E-state index >= 15 is 0 Å². The third-order valence-electron chi connectivity index (χ3n) is 3.12. The molecule has 5 N–H and O–H groups in total. The van der Waals surface area contributed by atoms with Crippen molar-refractivity contribution in [1.29, 1.82) is 0 Å². The molecule has 2 aliphatic heterocycles. The van der Waals surface area contributed by atoms with Gasteiger partial charge in [0.25, 0.3) is 0 Å². The number of nitrogens with two attached hydrogens (primary N) is 1. The van der Waals surface area contributed by atoms with Crippen molar-refractivity contribution in [2.24, 2.45) is 5.14 Å². The van der Waals surface area contributed by atoms with Crippen molar-refractivity contribution in [3.8, 4) is 0 Å². The summed E-state index contributed by atoms with van der Waals surface area (Å²) < 4.78 is 22.4. The molecule has 0 aromatic heterocycles. The van der Waals surface area contributed by atoms with E-state index in [1.807, 2.05) is 0 Å². The summed E-state index contributed by atoms with van der Waals surface area (Å²) in [5.74, 6) is 0. The summed E-state index contributed by atoms with van der Waals surface area (Å²) in [5, 5.41) is 20.6. The third kappa shape index (κ3) is 2.67. The Morgan fingerprint density at radius 2 is 2.00 bits per heavy atom. The molecule has 4 atom stereocenters. The van der Waals surface area contributed by atoms with Crippen LogP contribution >= 0.6 is 0 Å². The monoisotopic (exact) mass is 235 g/mol. The minimum absolute atomic E-state index is 0.113. The maximum absolute atomic E-state index is 11.2. The van der Waals surface area contributed by atoms with Crippen molar-refractivity contribution in [1.82, 2.24) is 10.6 Å². The Morgan fingerprint density at radius 1 is 1.33 bits per heavy atom. The molecule has 88 valence electrons. The molecule has 0 radical (unpaired) electrons. The molecule has 0 bridgehead atoms. The lowest BCUT2D eigenvalue weighted by Crippen LogP contribution is -2.52. The van der Waals surface area contributed by atoms with Crippen molar-refractivity contribution in [2.45, 2.75) is 36.3 Å². The van der Waals surface area contributed by atoms with E-state index in [4.69, 9.17) is 5.14 Å². The van der Waals surface area contributed by atoms with Crippen molar-refractivity contribution in [2.75, 3.05) is 13.1 Å². The molecule has 15 heavy (non-hydrogen) atoms. The Labute approximate surface area is 89.3 Å². The minimum Gasteiger partial charge on any atom is -0.390 e. The zero-order valence-electron chi connectivity index (χ0n) is 8.39. The van der Waals surface area contributed by atoms with Crippen LogP contribution in [0.4, 0.5) is 0 Å². The van der Waals surface area contributed by atoms with Crippen molar-refractivity contribution < 1.29 is 13.5 Å². The Kier molecular flexibility index (Phi) is 3.00. The topological polar surface area (TPSA) is 114 Å². The zero-order valence-corrected chi connectivity index (χ0v) is 9.20. The predicted octanol–water partition coefficient (Wildman–Crippen LogP) is -2.27. The first-order valence-corrected chi connectivity index (χ1v) is 6.76. The normalized spacial score (nSPS) is 38.7. The maximum atomic E-state index is 11.2. The first-order chi connectivity index (χ1) is 6.98. The Balaban J connectivity index is 1.97. The second-order valence-electron chi connectivity index (χ2n) is 4.30. The summed E-state index contributed by atoms with van der Waals surface area (Å²) in [6, 6.07) is -0.0520. The summed E-state index contributed by atoms with van der Waals surface area (Å²) in [4.78, 5) is 0. The number of primary sulfonamides is 1. The number of sulfonamides is 1. The van der Waals surface area contributed by atoms with Crippen molar-refractivity contribution >= 4 is 10.0 Å². The molecule has 0 spiro atoms. The van der Waals surface area contributed by atoms with Gasteiger partial charge in [0.05, 0.1) is 11.4 Å². The van der Waals surface area contributed by atoms with Crippen molar-refractivity contribution in [3.05, 3.63) is 0 Å². The number of nitrogens with one attached hydrogen (secondary N) is 2. The molecule has 2 rings (SSSR count). The molecular weight excluding hydrogens is 218 g/mol. The summed E-state index contributed by atoms with van der Waals surface area (Å²) in [6.45, 7) is 1.40. The number of hydrogen-bond acceptors (Lipinski definition) is 5. The van der Waals surface area contributed by atoms with E-state index in [2.05, 4.69) is 10.6 Å². The molecule has 0 saturated carbocycles. The Bertz CT molecular complexity index is 328. The maximum Gasteiger partial charge on any atom is 0.212 e. The molecule has 0 aromatic rings. The summed E-state index contributed by atoms with van der Waals surface area (Å²) in [6.07, 6.45) is 0.410. The quantitative estimate of drug-likeness (QED) is 0.412. The van der Waals surface area contributed by atoms with Gasteiger partial charge < -0.3 is 15.7 Å². The Morgan fingerprint density at radius 3 is 2.53 bits per heavy atom. The van der Waals surface area contributed by atoms with Crippen LogP contribution in [0.2, 0.25) is 0 Å². The highest BCUT2D eigenvalue weighted by molar-refractivity contribution is 7.89. The minimum atomic E-state index is -3.47. The lowest BCUT2D eigenvalue weighted by Gasteiger charge is -2.31. The van der Waals surface area contributed by atoms with E-state index in [1.54, 1.807) is 0 Å². The molecule has 6 nitrogen and oxygen atoms in total. The van der Waals surface area contributed by atoms with Crippen molar-refractivity contribution in [3.63, 3.8) is 0 Å². The van der Waals surface area contributed by atoms with Crippen LogP contribution in [-0.4, -0.2) is 50.1 Å². The lowest BCUT2D eigenvalue weighted by atomic mass is 9.97. The number of hydrogen-bond donors (Lipinski definition) is 4. The molecule has 4 unspecified atom stereocenters. The van der Waals surface area contributed by atoms with Crippen LogP contribution in [0.15, 0.2) is 0 Å².